The van der Waals surface area contributed by atoms with E-state index in [2.05, 4.69) is 39.3 Å². The van der Waals surface area contributed by atoms with Crippen molar-refractivity contribution in [1.82, 2.24) is 25.4 Å². The van der Waals surface area contributed by atoms with Crippen molar-refractivity contribution in [3.63, 3.8) is 0 Å². The number of rotatable bonds is 12. The highest BCUT2D eigenvalue weighted by Gasteiger charge is 2.38. The lowest BCUT2D eigenvalue weighted by Crippen LogP contribution is -2.59. The number of carbonyl (C=O) groups is 1. The van der Waals surface area contributed by atoms with Crippen LogP contribution in [0.5, 0.6) is 0 Å². The van der Waals surface area contributed by atoms with Gasteiger partial charge in [0, 0.05) is 67.2 Å². The monoisotopic (exact) mass is 551 g/mol. The van der Waals surface area contributed by atoms with Crippen molar-refractivity contribution < 1.29 is 13.6 Å². The maximum Gasteiger partial charge on any atom is 0.252 e. The van der Waals surface area contributed by atoms with E-state index >= 15 is 4.39 Å². The molecular formula is C31H39F2N5O2. The van der Waals surface area contributed by atoms with Crippen LogP contribution in [0.3, 0.4) is 0 Å². The number of nitrogens with one attached hydrogen (secondary N) is 3. The second kappa shape index (κ2) is 13.3. The van der Waals surface area contributed by atoms with E-state index in [0.29, 0.717) is 63.1 Å². The third kappa shape index (κ3) is 7.21. The van der Waals surface area contributed by atoms with Crippen LogP contribution < -0.4 is 16.2 Å². The third-order valence-electron chi connectivity index (χ3n) is 7.93. The molecule has 7 nitrogen and oxygen atoms in total. The molecule has 0 bridgehead atoms. The molecule has 2 heterocycles. The predicted octanol–water partition coefficient (Wildman–Crippen LogP) is 4.07. The van der Waals surface area contributed by atoms with Gasteiger partial charge >= 0.3 is 0 Å². The number of H-pyrrole nitrogens is 1. The summed E-state index contributed by atoms with van der Waals surface area (Å²) in [5, 5.41) is 5.95. The summed E-state index contributed by atoms with van der Waals surface area (Å²) in [4.78, 5) is 31.2. The Morgan fingerprint density at radius 1 is 1.07 bits per heavy atom. The van der Waals surface area contributed by atoms with Crippen LogP contribution in [0, 0.1) is 11.6 Å². The largest absolute Gasteiger partial charge is 0.359 e. The van der Waals surface area contributed by atoms with Gasteiger partial charge in [0.05, 0.1) is 0 Å². The van der Waals surface area contributed by atoms with Crippen LogP contribution in [-0.2, 0) is 11.3 Å². The Hall–Kier alpha value is -3.40. The molecule has 1 amide bonds. The van der Waals surface area contributed by atoms with Gasteiger partial charge in [-0.25, -0.2) is 8.78 Å². The molecule has 0 radical (unpaired) electrons. The average molecular weight is 552 g/mol. The molecule has 3 aromatic rings. The van der Waals surface area contributed by atoms with Crippen LogP contribution in [0.2, 0.25) is 0 Å². The van der Waals surface area contributed by atoms with Gasteiger partial charge in [-0.1, -0.05) is 36.4 Å². The van der Waals surface area contributed by atoms with Gasteiger partial charge < -0.3 is 15.6 Å². The van der Waals surface area contributed by atoms with Gasteiger partial charge in [-0.05, 0) is 63.6 Å². The second-order valence-electron chi connectivity index (χ2n) is 11.1. The quantitative estimate of drug-likeness (QED) is 0.234. The molecular weight excluding hydrogens is 512 g/mol. The second-order valence-corrected chi connectivity index (χ2v) is 11.1. The maximum absolute atomic E-state index is 15.1. The van der Waals surface area contributed by atoms with Gasteiger partial charge in [0.2, 0.25) is 6.41 Å². The summed E-state index contributed by atoms with van der Waals surface area (Å²) < 4.78 is 29.4. The Labute approximate surface area is 234 Å². The molecule has 1 saturated heterocycles. The maximum atomic E-state index is 15.1. The first kappa shape index (κ1) is 29.6. The van der Waals surface area contributed by atoms with Gasteiger partial charge in [0.1, 0.15) is 11.6 Å². The van der Waals surface area contributed by atoms with Gasteiger partial charge in [-0.2, -0.15) is 0 Å². The lowest BCUT2D eigenvalue weighted by Gasteiger charge is -2.50. The van der Waals surface area contributed by atoms with Crippen LogP contribution in [0.4, 0.5) is 8.78 Å². The minimum atomic E-state index is -0.471. The van der Waals surface area contributed by atoms with Crippen molar-refractivity contribution >= 4 is 6.41 Å². The number of carbonyl (C=O) groups excluding carboxylic acids is 1. The average Bonchev–Trinajstić information content (AvgIpc) is 2.94. The zero-order chi connectivity index (χ0) is 28.7. The Kier molecular flexibility index (Phi) is 9.84. The number of aromatic amines is 1. The highest BCUT2D eigenvalue weighted by Crippen LogP contribution is 2.34. The van der Waals surface area contributed by atoms with Crippen LogP contribution in [-0.4, -0.2) is 66.0 Å². The van der Waals surface area contributed by atoms with Crippen molar-refractivity contribution in [2.24, 2.45) is 0 Å². The molecule has 2 atom stereocenters. The fraction of sp³-hybridized carbons (Fsp3) is 0.419. The zero-order valence-electron chi connectivity index (χ0n) is 23.4. The Balaban J connectivity index is 1.52. The molecule has 1 fully saturated rings. The molecule has 40 heavy (non-hydrogen) atoms. The van der Waals surface area contributed by atoms with Crippen LogP contribution in [0.15, 0.2) is 65.5 Å². The fourth-order valence-electron chi connectivity index (χ4n) is 5.62. The summed E-state index contributed by atoms with van der Waals surface area (Å²) in [6.45, 7) is 7.12. The number of halogens is 2. The minimum Gasteiger partial charge on any atom is -0.359 e. The minimum absolute atomic E-state index is 0.0112. The SMILES string of the molecule is CNC(CCNC=O)CC(c1cc(F)ccc1F)N1CCN(Cc2ccc(-c3ccccc3)[nH]c2=O)C(C)(C)C1. The van der Waals surface area contributed by atoms with Gasteiger partial charge in [-0.15, -0.1) is 0 Å². The topological polar surface area (TPSA) is 80.5 Å². The summed E-state index contributed by atoms with van der Waals surface area (Å²) in [7, 11) is 1.84. The zero-order valence-corrected chi connectivity index (χ0v) is 23.4. The van der Waals surface area contributed by atoms with E-state index in [1.54, 1.807) is 0 Å². The van der Waals surface area contributed by atoms with E-state index in [9.17, 15) is 14.0 Å². The molecule has 2 unspecified atom stereocenters. The Bertz CT molecular complexity index is 1330. The van der Waals surface area contributed by atoms with E-state index in [4.69, 9.17) is 0 Å². The number of hydrogen-bond acceptors (Lipinski definition) is 5. The van der Waals surface area contributed by atoms with E-state index in [1.807, 2.05) is 49.5 Å². The smallest absolute Gasteiger partial charge is 0.252 e. The number of amides is 1. The summed E-state index contributed by atoms with van der Waals surface area (Å²) in [6, 6.07) is 16.8. The van der Waals surface area contributed by atoms with Crippen LogP contribution in [0.1, 0.15) is 43.9 Å². The van der Waals surface area contributed by atoms with Gasteiger partial charge in [0.25, 0.3) is 5.56 Å². The van der Waals surface area contributed by atoms with Crippen molar-refractivity contribution in [2.45, 2.75) is 50.9 Å². The molecule has 0 aliphatic carbocycles. The number of hydrogen-bond donors (Lipinski definition) is 3. The molecule has 1 aromatic heterocycles. The van der Waals surface area contributed by atoms with Crippen molar-refractivity contribution in [3.05, 3.63) is 93.8 Å². The van der Waals surface area contributed by atoms with Crippen molar-refractivity contribution in [2.75, 3.05) is 33.2 Å². The van der Waals surface area contributed by atoms with E-state index in [0.717, 1.165) is 17.3 Å². The molecule has 214 valence electrons. The van der Waals surface area contributed by atoms with Crippen LogP contribution >= 0.6 is 0 Å². The summed E-state index contributed by atoms with van der Waals surface area (Å²) >= 11 is 0. The number of aromatic nitrogens is 1. The summed E-state index contributed by atoms with van der Waals surface area (Å²) in [5.74, 6) is -0.904. The highest BCUT2D eigenvalue weighted by atomic mass is 19.1. The molecule has 1 aliphatic heterocycles. The molecule has 4 rings (SSSR count). The van der Waals surface area contributed by atoms with E-state index < -0.39 is 11.6 Å². The van der Waals surface area contributed by atoms with E-state index in [1.165, 1.54) is 12.1 Å². The number of pyridine rings is 1. The van der Waals surface area contributed by atoms with Gasteiger partial charge in [-0.3, -0.25) is 19.4 Å². The molecule has 9 heteroatoms. The number of benzene rings is 2. The Morgan fingerprint density at radius 3 is 2.52 bits per heavy atom. The first-order valence-corrected chi connectivity index (χ1v) is 13.8. The van der Waals surface area contributed by atoms with Crippen molar-refractivity contribution in [1.29, 1.82) is 0 Å². The molecule has 1 aliphatic rings. The summed E-state index contributed by atoms with van der Waals surface area (Å²) in [6.07, 6.45) is 1.88. The lowest BCUT2D eigenvalue weighted by molar-refractivity contribution is -0.109. The fourth-order valence-corrected chi connectivity index (χ4v) is 5.62. The Morgan fingerprint density at radius 2 is 1.85 bits per heavy atom. The van der Waals surface area contributed by atoms with Gasteiger partial charge in [0.15, 0.2) is 0 Å². The molecule has 3 N–H and O–H groups in total. The molecule has 2 aromatic carbocycles. The number of piperazine rings is 1. The predicted molar refractivity (Wildman–Crippen MR) is 154 cm³/mol. The third-order valence-corrected chi connectivity index (χ3v) is 7.93. The standard InChI is InChI=1S/C31H39F2N5O2/c1-31(2)20-37(29(18-25(34-3)13-14-35-21-39)26-17-24(32)10-11-27(26)33)15-16-38(31)19-23-9-12-28(36-30(23)40)22-7-5-4-6-8-22/h4-12,17,21,25,29,34H,13-16,18-20H2,1-3H3,(H,35,39)(H,36,40). The molecule has 0 saturated carbocycles. The summed E-state index contributed by atoms with van der Waals surface area (Å²) in [5.41, 5.74) is 2.31. The first-order valence-electron chi connectivity index (χ1n) is 13.8. The van der Waals surface area contributed by atoms with Crippen LogP contribution in [0.25, 0.3) is 11.3 Å². The van der Waals surface area contributed by atoms with Crippen molar-refractivity contribution in [3.8, 4) is 11.3 Å². The highest BCUT2D eigenvalue weighted by molar-refractivity contribution is 5.58. The number of nitrogens with zero attached hydrogens (tertiary/aromatic N) is 2. The lowest BCUT2D eigenvalue weighted by atomic mass is 9.91. The molecule has 0 spiro atoms. The normalized spacial score (nSPS) is 17.3. The van der Waals surface area contributed by atoms with E-state index in [-0.39, 0.29) is 23.2 Å². The first-order chi connectivity index (χ1) is 19.2.